The summed E-state index contributed by atoms with van der Waals surface area (Å²) in [7, 11) is 1.99. The van der Waals surface area contributed by atoms with E-state index in [0.29, 0.717) is 5.02 Å². The Morgan fingerprint density at radius 3 is 2.25 bits per heavy atom. The van der Waals surface area contributed by atoms with Gasteiger partial charge in [-0.3, -0.25) is 4.90 Å². The summed E-state index contributed by atoms with van der Waals surface area (Å²) >= 11 is 12.8. The van der Waals surface area contributed by atoms with Gasteiger partial charge >= 0.3 is 0 Å². The molecule has 2 heterocycles. The largest absolute Gasteiger partial charge is 0.489 e. The Hall–Kier alpha value is -0.560. The maximum atomic E-state index is 6.43. The number of hydrogen-bond donors (Lipinski definition) is 1. The number of benzene rings is 1. The van der Waals surface area contributed by atoms with Crippen LogP contribution in [0.5, 0.6) is 5.75 Å². The lowest BCUT2D eigenvalue weighted by atomic mass is 9.82. The minimum Gasteiger partial charge on any atom is -0.489 e. The molecule has 5 nitrogen and oxygen atoms in total. The van der Waals surface area contributed by atoms with Gasteiger partial charge in [0.15, 0.2) is 0 Å². The Kier molecular flexibility index (Phi) is 9.15. The van der Waals surface area contributed by atoms with Crippen molar-refractivity contribution in [3.8, 4) is 5.75 Å². The molecule has 1 aromatic carbocycles. The van der Waals surface area contributed by atoms with E-state index in [4.69, 9.17) is 37.4 Å². The van der Waals surface area contributed by atoms with Crippen molar-refractivity contribution in [1.29, 1.82) is 0 Å². The van der Waals surface area contributed by atoms with Crippen LogP contribution in [0.1, 0.15) is 31.2 Å². The summed E-state index contributed by atoms with van der Waals surface area (Å²) in [5, 5.41) is 4.65. The molecule has 4 rings (SSSR count). The van der Waals surface area contributed by atoms with Gasteiger partial charge in [-0.25, -0.2) is 0 Å². The Labute approximate surface area is 178 Å². The fourth-order valence-electron chi connectivity index (χ4n) is 3.81. The number of hydrogen-bond acceptors (Lipinski definition) is 5. The molecule has 0 unspecified atom stereocenters. The molecule has 1 N–H and O–H groups in total. The molecule has 28 heavy (non-hydrogen) atoms. The molecule has 0 spiro atoms. The van der Waals surface area contributed by atoms with Gasteiger partial charge < -0.3 is 19.5 Å². The molecule has 1 aliphatic carbocycles. The number of halogens is 2. The monoisotopic (exact) mass is 430 g/mol. The normalized spacial score (nSPS) is 25.0. The topological polar surface area (TPSA) is 43.0 Å². The Morgan fingerprint density at radius 2 is 1.68 bits per heavy atom. The maximum absolute atomic E-state index is 6.43. The van der Waals surface area contributed by atoms with E-state index in [-0.39, 0.29) is 6.10 Å². The van der Waals surface area contributed by atoms with Gasteiger partial charge in [-0.05, 0) is 69.9 Å². The molecule has 3 aliphatic rings. The smallest absolute Gasteiger partial charge is 0.139 e. The predicted octanol–water partition coefficient (Wildman–Crippen LogP) is 4.00. The highest BCUT2D eigenvalue weighted by molar-refractivity contribution is 6.34. The number of ether oxygens (including phenoxy) is 3. The number of nitrogens with one attached hydrogen (secondary N) is 1. The van der Waals surface area contributed by atoms with Crippen LogP contribution < -0.4 is 10.1 Å². The van der Waals surface area contributed by atoms with Crippen LogP contribution in [0.25, 0.3) is 0 Å². The summed E-state index contributed by atoms with van der Waals surface area (Å²) in [6.45, 7) is 7.36. The molecule has 0 bridgehead atoms. The van der Waals surface area contributed by atoms with Crippen molar-refractivity contribution in [2.75, 3.05) is 53.1 Å². The van der Waals surface area contributed by atoms with Crippen molar-refractivity contribution in [3.05, 3.63) is 27.7 Å². The molecule has 0 amide bonds. The van der Waals surface area contributed by atoms with Gasteiger partial charge in [-0.15, -0.1) is 0 Å². The summed E-state index contributed by atoms with van der Waals surface area (Å²) in [4.78, 5) is 2.42. The van der Waals surface area contributed by atoms with E-state index in [9.17, 15) is 0 Å². The van der Waals surface area contributed by atoms with Gasteiger partial charge in [-0.2, -0.15) is 0 Å². The molecule has 2 saturated heterocycles. The summed E-state index contributed by atoms with van der Waals surface area (Å²) in [6.07, 6.45) is 5.01. The van der Waals surface area contributed by atoms with Gasteiger partial charge in [0.25, 0.3) is 0 Å². The van der Waals surface area contributed by atoms with Crippen molar-refractivity contribution in [1.82, 2.24) is 10.2 Å². The first kappa shape index (κ1) is 22.1. The molecule has 7 heteroatoms. The van der Waals surface area contributed by atoms with Crippen LogP contribution in [-0.2, 0) is 16.0 Å². The minimum absolute atomic E-state index is 0.274. The zero-order valence-electron chi connectivity index (χ0n) is 16.7. The lowest BCUT2D eigenvalue weighted by Crippen LogP contribution is -2.38. The lowest BCUT2D eigenvalue weighted by molar-refractivity contribution is -0.0334. The first-order valence-electron chi connectivity index (χ1n) is 10.3. The highest BCUT2D eigenvalue weighted by atomic mass is 35.5. The molecule has 1 aromatic rings. The highest BCUT2D eigenvalue weighted by Gasteiger charge is 2.30. The van der Waals surface area contributed by atoms with E-state index in [1.807, 2.05) is 19.2 Å². The van der Waals surface area contributed by atoms with Gasteiger partial charge in [0.05, 0.1) is 37.6 Å². The fourth-order valence-corrected chi connectivity index (χ4v) is 4.25. The molecule has 0 atom stereocenters. The highest BCUT2D eigenvalue weighted by Crippen LogP contribution is 2.37. The van der Waals surface area contributed by atoms with Crippen LogP contribution in [0.3, 0.4) is 0 Å². The van der Waals surface area contributed by atoms with Crippen LogP contribution in [0.4, 0.5) is 0 Å². The van der Waals surface area contributed by atoms with E-state index in [2.05, 4.69) is 10.2 Å². The average molecular weight is 431 g/mol. The number of likely N-dealkylation sites (tertiary alicyclic amines) is 1. The first-order chi connectivity index (χ1) is 13.7. The molecule has 3 fully saturated rings. The molecule has 1 saturated carbocycles. The van der Waals surface area contributed by atoms with E-state index in [1.165, 1.54) is 12.8 Å². The average Bonchev–Trinajstić information content (AvgIpc) is 3.19. The van der Waals surface area contributed by atoms with Gasteiger partial charge in [0.2, 0.25) is 0 Å². The molecule has 2 aliphatic heterocycles. The van der Waals surface area contributed by atoms with Gasteiger partial charge in [0, 0.05) is 17.6 Å². The second-order valence-corrected chi connectivity index (χ2v) is 8.53. The molecule has 158 valence electrons. The summed E-state index contributed by atoms with van der Waals surface area (Å²) < 4.78 is 15.9. The molecular weight excluding hydrogens is 399 g/mol. The van der Waals surface area contributed by atoms with Crippen molar-refractivity contribution in [2.24, 2.45) is 5.92 Å². The number of nitrogens with zero attached hydrogens (tertiary/aromatic N) is 1. The lowest BCUT2D eigenvalue weighted by Gasteiger charge is -2.35. The summed E-state index contributed by atoms with van der Waals surface area (Å²) in [5.41, 5.74) is 1.10. The summed E-state index contributed by atoms with van der Waals surface area (Å²) in [5.74, 6) is 1.45. The van der Waals surface area contributed by atoms with Crippen LogP contribution >= 0.6 is 23.2 Å². The summed E-state index contributed by atoms with van der Waals surface area (Å²) in [6, 6.07) is 3.86. The number of rotatable bonds is 6. The van der Waals surface area contributed by atoms with Crippen molar-refractivity contribution in [3.63, 3.8) is 0 Å². The molecular formula is C21H32Cl2N2O3. The third-order valence-corrected chi connectivity index (χ3v) is 6.06. The van der Waals surface area contributed by atoms with Crippen LogP contribution in [0.15, 0.2) is 12.1 Å². The first-order valence-corrected chi connectivity index (χ1v) is 11.1. The van der Waals surface area contributed by atoms with E-state index in [0.717, 1.165) is 87.7 Å². The minimum atomic E-state index is 0.274. The van der Waals surface area contributed by atoms with Gasteiger partial charge in [0.1, 0.15) is 5.75 Å². The predicted molar refractivity (Wildman–Crippen MR) is 114 cm³/mol. The Bertz CT molecular complexity index is 590. The quantitative estimate of drug-likeness (QED) is 0.738. The van der Waals surface area contributed by atoms with E-state index >= 15 is 0 Å². The Morgan fingerprint density at radius 1 is 1.04 bits per heavy atom. The van der Waals surface area contributed by atoms with Gasteiger partial charge in [-0.1, -0.05) is 23.2 Å². The zero-order valence-corrected chi connectivity index (χ0v) is 18.2. The van der Waals surface area contributed by atoms with Crippen LogP contribution in [-0.4, -0.2) is 64.1 Å². The fraction of sp³-hybridized carbons (Fsp3) is 0.714. The third-order valence-electron chi connectivity index (χ3n) is 5.42. The molecule has 0 aromatic heterocycles. The SMILES string of the molecule is C1COCCO1.CNCC1CC(Oc2cc(Cl)c(CN3CCCC3)cc2Cl)C1. The van der Waals surface area contributed by atoms with Crippen molar-refractivity contribution in [2.45, 2.75) is 38.3 Å². The van der Waals surface area contributed by atoms with Crippen molar-refractivity contribution < 1.29 is 14.2 Å². The van der Waals surface area contributed by atoms with E-state index < -0.39 is 0 Å². The molecule has 0 radical (unpaired) electrons. The second kappa shape index (κ2) is 11.6. The third kappa shape index (κ3) is 6.75. The Balaban J connectivity index is 0.000000320. The van der Waals surface area contributed by atoms with Crippen LogP contribution in [0, 0.1) is 5.92 Å². The zero-order chi connectivity index (χ0) is 19.8. The maximum Gasteiger partial charge on any atom is 0.139 e. The van der Waals surface area contributed by atoms with Crippen molar-refractivity contribution >= 4 is 23.2 Å². The van der Waals surface area contributed by atoms with Crippen LogP contribution in [0.2, 0.25) is 10.0 Å². The second-order valence-electron chi connectivity index (χ2n) is 7.72. The standard InChI is InChI=1S/C17H24Cl2N2O.C4H8O2/c1-20-10-12-6-14(7-12)22-17-9-15(18)13(8-16(17)19)11-21-4-2-3-5-21;1-2-6-4-3-5-1/h8-9,12,14,20H,2-7,10-11H2,1H3;1-4H2. The van der Waals surface area contributed by atoms with E-state index in [1.54, 1.807) is 0 Å².